The van der Waals surface area contributed by atoms with Crippen molar-refractivity contribution in [1.82, 2.24) is 0 Å². The number of amides is 1. The molecule has 0 bridgehead atoms. The molecule has 1 saturated heterocycles. The number of carbonyl (C=O) groups is 2. The van der Waals surface area contributed by atoms with Crippen molar-refractivity contribution in [2.24, 2.45) is 5.73 Å². The van der Waals surface area contributed by atoms with Gasteiger partial charge in [-0.3, -0.25) is 4.79 Å². The number of ether oxygens (including phenoxy) is 1. The van der Waals surface area contributed by atoms with Crippen LogP contribution in [-0.4, -0.2) is 32.1 Å². The molecule has 0 atom stereocenters. The van der Waals surface area contributed by atoms with Crippen LogP contribution in [0, 0.1) is 0 Å². The highest BCUT2D eigenvalue weighted by Crippen LogP contribution is 2.39. The molecule has 20 heavy (non-hydrogen) atoms. The number of hydrogen-bond donors (Lipinski definition) is 2. The van der Waals surface area contributed by atoms with E-state index in [-0.39, 0.29) is 16.1 Å². The summed E-state index contributed by atoms with van der Waals surface area (Å²) < 4.78 is 4.78. The van der Waals surface area contributed by atoms with Crippen LogP contribution in [0.2, 0.25) is 0 Å². The molecule has 2 heterocycles. The van der Waals surface area contributed by atoms with Crippen LogP contribution in [0.25, 0.3) is 0 Å². The Kier molecular flexibility index (Phi) is 4.49. The molecule has 6 nitrogen and oxygen atoms in total. The monoisotopic (exact) mass is 297 g/mol. The van der Waals surface area contributed by atoms with Gasteiger partial charge in [-0.25, -0.2) is 4.79 Å². The van der Waals surface area contributed by atoms with Crippen molar-refractivity contribution in [2.45, 2.75) is 25.7 Å². The molecule has 7 heteroatoms. The number of nitrogens with two attached hydrogens (primary N) is 2. The van der Waals surface area contributed by atoms with Gasteiger partial charge in [0.05, 0.1) is 12.8 Å². The van der Waals surface area contributed by atoms with Crippen molar-refractivity contribution in [1.29, 1.82) is 0 Å². The molecule has 0 unspecified atom stereocenters. The summed E-state index contributed by atoms with van der Waals surface area (Å²) in [5.74, 6) is -1.13. The average molecular weight is 297 g/mol. The van der Waals surface area contributed by atoms with Gasteiger partial charge in [-0.2, -0.15) is 0 Å². The first-order valence-corrected chi connectivity index (χ1v) is 7.43. The molecule has 0 spiro atoms. The van der Waals surface area contributed by atoms with E-state index >= 15 is 0 Å². The Morgan fingerprint density at radius 1 is 1.20 bits per heavy atom. The highest BCUT2D eigenvalue weighted by molar-refractivity contribution is 7.19. The van der Waals surface area contributed by atoms with E-state index in [1.54, 1.807) is 0 Å². The molecule has 0 radical (unpaired) electrons. The third-order valence-corrected chi connectivity index (χ3v) is 4.71. The molecule has 110 valence electrons. The number of carbonyl (C=O) groups excluding carboxylic acids is 2. The minimum absolute atomic E-state index is 0.133. The van der Waals surface area contributed by atoms with Gasteiger partial charge in [0.25, 0.3) is 5.91 Å². The molecule has 1 fully saturated rings. The zero-order valence-electron chi connectivity index (χ0n) is 11.5. The first-order valence-electron chi connectivity index (χ1n) is 6.61. The lowest BCUT2D eigenvalue weighted by molar-refractivity contribution is 0.0603. The Balaban J connectivity index is 2.46. The number of rotatable bonds is 3. The van der Waals surface area contributed by atoms with E-state index in [4.69, 9.17) is 16.2 Å². The molecule has 2 rings (SSSR count). The Morgan fingerprint density at radius 3 is 2.30 bits per heavy atom. The van der Waals surface area contributed by atoms with Gasteiger partial charge in [-0.15, -0.1) is 11.3 Å². The van der Waals surface area contributed by atoms with Crippen LogP contribution in [0.15, 0.2) is 0 Å². The second-order valence-electron chi connectivity index (χ2n) is 4.78. The molecule has 0 aromatic carbocycles. The van der Waals surface area contributed by atoms with Gasteiger partial charge >= 0.3 is 5.97 Å². The lowest BCUT2D eigenvalue weighted by Gasteiger charge is -2.21. The molecule has 1 aliphatic rings. The summed E-state index contributed by atoms with van der Waals surface area (Å²) in [5, 5.41) is 0.699. The summed E-state index contributed by atoms with van der Waals surface area (Å²) in [6.45, 7) is 1.70. The fourth-order valence-electron chi connectivity index (χ4n) is 2.41. The lowest BCUT2D eigenvalue weighted by atomic mass is 10.2. The predicted octanol–water partition coefficient (Wildman–Crippen LogP) is 1.60. The number of methoxy groups -OCH3 is 1. The van der Waals surface area contributed by atoms with Crippen molar-refractivity contribution >= 4 is 33.9 Å². The van der Waals surface area contributed by atoms with E-state index in [1.165, 1.54) is 31.3 Å². The van der Waals surface area contributed by atoms with Crippen molar-refractivity contribution in [3.8, 4) is 0 Å². The fourth-order valence-corrected chi connectivity index (χ4v) is 3.52. The number of nitrogens with zero attached hydrogens (tertiary/aromatic N) is 1. The Bertz CT molecular complexity index is 519. The number of thiophene rings is 1. The summed E-state index contributed by atoms with van der Waals surface area (Å²) in [6.07, 6.45) is 4.47. The van der Waals surface area contributed by atoms with Crippen LogP contribution in [0.3, 0.4) is 0 Å². The molecule has 1 aliphatic heterocycles. The normalized spacial score (nSPS) is 15.8. The quantitative estimate of drug-likeness (QED) is 0.826. The van der Waals surface area contributed by atoms with Gasteiger partial charge in [-0.05, 0) is 12.8 Å². The largest absolute Gasteiger partial charge is 0.465 e. The van der Waals surface area contributed by atoms with Crippen LogP contribution >= 0.6 is 11.3 Å². The molecular weight excluding hydrogens is 278 g/mol. The number of primary amides is 1. The number of anilines is 2. The number of esters is 1. The fraction of sp³-hybridized carbons (Fsp3) is 0.538. The summed E-state index contributed by atoms with van der Waals surface area (Å²) in [4.78, 5) is 25.7. The van der Waals surface area contributed by atoms with E-state index in [9.17, 15) is 9.59 Å². The molecule has 1 aromatic heterocycles. The third-order valence-electron chi connectivity index (χ3n) is 3.43. The molecule has 1 aromatic rings. The van der Waals surface area contributed by atoms with E-state index in [0.717, 1.165) is 25.9 Å². The lowest BCUT2D eigenvalue weighted by Crippen LogP contribution is -2.25. The SMILES string of the molecule is COC(=O)c1c(N2CCCCCC2)sc(C(N)=O)c1N. The Morgan fingerprint density at radius 2 is 1.80 bits per heavy atom. The van der Waals surface area contributed by atoms with Gasteiger partial charge in [0.1, 0.15) is 15.4 Å². The zero-order valence-corrected chi connectivity index (χ0v) is 12.3. The van der Waals surface area contributed by atoms with Gasteiger partial charge in [0.15, 0.2) is 0 Å². The van der Waals surface area contributed by atoms with Crippen LogP contribution in [-0.2, 0) is 4.74 Å². The van der Waals surface area contributed by atoms with Gasteiger partial charge in [-0.1, -0.05) is 12.8 Å². The third kappa shape index (κ3) is 2.72. The number of nitrogen functional groups attached to an aromatic ring is 1. The van der Waals surface area contributed by atoms with Crippen LogP contribution < -0.4 is 16.4 Å². The van der Waals surface area contributed by atoms with Crippen LogP contribution in [0.4, 0.5) is 10.7 Å². The molecule has 1 amide bonds. The molecular formula is C13H19N3O3S. The van der Waals surface area contributed by atoms with Gasteiger partial charge in [0, 0.05) is 13.1 Å². The van der Waals surface area contributed by atoms with Crippen molar-refractivity contribution in [2.75, 3.05) is 30.8 Å². The van der Waals surface area contributed by atoms with Crippen molar-refractivity contribution in [3.05, 3.63) is 10.4 Å². The maximum absolute atomic E-state index is 11.9. The van der Waals surface area contributed by atoms with E-state index in [0.29, 0.717) is 5.00 Å². The highest BCUT2D eigenvalue weighted by atomic mass is 32.1. The topological polar surface area (TPSA) is 98.6 Å². The average Bonchev–Trinajstić information content (AvgIpc) is 2.63. The maximum Gasteiger partial charge on any atom is 0.343 e. The molecule has 0 saturated carbocycles. The van der Waals surface area contributed by atoms with Crippen LogP contribution in [0.1, 0.15) is 45.7 Å². The summed E-state index contributed by atoms with van der Waals surface area (Å²) in [5.41, 5.74) is 11.6. The summed E-state index contributed by atoms with van der Waals surface area (Å²) >= 11 is 1.18. The first-order chi connectivity index (χ1) is 9.56. The minimum atomic E-state index is -0.612. The second-order valence-corrected chi connectivity index (χ2v) is 5.78. The van der Waals surface area contributed by atoms with Gasteiger partial charge in [0.2, 0.25) is 0 Å². The zero-order chi connectivity index (χ0) is 14.7. The Labute approximate surface area is 121 Å². The first kappa shape index (κ1) is 14.6. The van der Waals surface area contributed by atoms with Crippen molar-refractivity contribution in [3.63, 3.8) is 0 Å². The van der Waals surface area contributed by atoms with Crippen LogP contribution in [0.5, 0.6) is 0 Å². The maximum atomic E-state index is 11.9. The van der Waals surface area contributed by atoms with Gasteiger partial charge < -0.3 is 21.1 Å². The smallest absolute Gasteiger partial charge is 0.343 e. The van der Waals surface area contributed by atoms with Crippen molar-refractivity contribution < 1.29 is 14.3 Å². The van der Waals surface area contributed by atoms with E-state index < -0.39 is 11.9 Å². The Hall–Kier alpha value is -1.76. The van der Waals surface area contributed by atoms with E-state index in [1.807, 2.05) is 0 Å². The summed E-state index contributed by atoms with van der Waals surface area (Å²) in [6, 6.07) is 0. The highest BCUT2D eigenvalue weighted by Gasteiger charge is 2.28. The molecule has 0 aliphatic carbocycles. The predicted molar refractivity (Wildman–Crippen MR) is 79.3 cm³/mol. The molecule has 4 N–H and O–H groups in total. The standard InChI is InChI=1S/C13H19N3O3S/c1-19-13(18)8-9(14)10(11(15)17)20-12(8)16-6-4-2-3-5-7-16/h2-7,14H2,1H3,(H2,15,17). The second kappa shape index (κ2) is 6.13. The van der Waals surface area contributed by atoms with E-state index in [2.05, 4.69) is 4.90 Å². The minimum Gasteiger partial charge on any atom is -0.465 e. The number of hydrogen-bond acceptors (Lipinski definition) is 6. The summed E-state index contributed by atoms with van der Waals surface area (Å²) in [7, 11) is 1.30.